The maximum atomic E-state index is 5.49. The number of aryl methyl sites for hydroxylation is 1. The lowest BCUT2D eigenvalue weighted by atomic mass is 10.0. The first kappa shape index (κ1) is 23.1. The molecule has 1 aliphatic rings. The van der Waals surface area contributed by atoms with E-state index in [1.807, 2.05) is 0 Å². The fraction of sp³-hybridized carbons (Fsp3) is 0.824. The van der Waals surface area contributed by atoms with Crippen LogP contribution in [0.2, 0.25) is 0 Å². The van der Waals surface area contributed by atoms with Gasteiger partial charge in [0.1, 0.15) is 6.54 Å². The average molecular weight is 480 g/mol. The lowest BCUT2D eigenvalue weighted by molar-refractivity contribution is 0.0132. The highest BCUT2D eigenvalue weighted by atomic mass is 127. The van der Waals surface area contributed by atoms with E-state index in [-0.39, 0.29) is 24.0 Å². The smallest absolute Gasteiger partial charge is 0.248 e. The largest absolute Gasteiger partial charge is 0.379 e. The van der Waals surface area contributed by atoms with Crippen LogP contribution in [0.1, 0.15) is 38.9 Å². The summed E-state index contributed by atoms with van der Waals surface area (Å²) in [5.74, 6) is 2.59. The van der Waals surface area contributed by atoms with Crippen molar-refractivity contribution in [3.63, 3.8) is 0 Å². The molecular formula is C17H33IN6O2. The second-order valence-corrected chi connectivity index (χ2v) is 6.74. The Morgan fingerprint density at radius 2 is 2.00 bits per heavy atom. The summed E-state index contributed by atoms with van der Waals surface area (Å²) in [7, 11) is 0. The highest BCUT2D eigenvalue weighted by Gasteiger charge is 2.22. The van der Waals surface area contributed by atoms with E-state index >= 15 is 0 Å². The Morgan fingerprint density at radius 1 is 1.27 bits per heavy atom. The van der Waals surface area contributed by atoms with Gasteiger partial charge in [-0.15, -0.1) is 24.0 Å². The van der Waals surface area contributed by atoms with Gasteiger partial charge in [0.15, 0.2) is 11.8 Å². The Bertz CT molecular complexity index is 531. The van der Waals surface area contributed by atoms with Crippen molar-refractivity contribution < 1.29 is 9.26 Å². The normalized spacial score (nSPS) is 17.0. The standard InChI is InChI=1S/C17H32N6O2.HI/c1-5-18-17(20-12-16-21-14(4)22-25-16)19-11-15(10-13(2)3)23-6-8-24-9-7-23;/h13,15H,5-12H2,1-4H3,(H2,18,19,20);1H. The third-order valence-corrected chi connectivity index (χ3v) is 4.10. The third kappa shape index (κ3) is 8.17. The van der Waals surface area contributed by atoms with E-state index in [9.17, 15) is 0 Å². The molecule has 1 aromatic heterocycles. The molecule has 1 atom stereocenters. The van der Waals surface area contributed by atoms with Crippen LogP contribution in [0.4, 0.5) is 0 Å². The van der Waals surface area contributed by atoms with E-state index in [0.717, 1.165) is 51.8 Å². The maximum Gasteiger partial charge on any atom is 0.248 e. The molecule has 1 aliphatic heterocycles. The van der Waals surface area contributed by atoms with Crippen molar-refractivity contribution in [2.24, 2.45) is 10.9 Å². The van der Waals surface area contributed by atoms with Gasteiger partial charge in [-0.1, -0.05) is 19.0 Å². The highest BCUT2D eigenvalue weighted by Crippen LogP contribution is 2.13. The number of halogens is 1. The van der Waals surface area contributed by atoms with Crippen LogP contribution >= 0.6 is 24.0 Å². The summed E-state index contributed by atoms with van der Waals surface area (Å²) in [5, 5.41) is 10.5. The molecule has 2 heterocycles. The minimum Gasteiger partial charge on any atom is -0.379 e. The molecule has 2 rings (SSSR count). The van der Waals surface area contributed by atoms with Crippen LogP contribution in [-0.2, 0) is 11.3 Å². The van der Waals surface area contributed by atoms with Crippen molar-refractivity contribution >= 4 is 29.9 Å². The lowest BCUT2D eigenvalue weighted by Gasteiger charge is -2.35. The molecule has 0 saturated carbocycles. The second kappa shape index (κ2) is 12.4. The quantitative estimate of drug-likeness (QED) is 0.333. The van der Waals surface area contributed by atoms with E-state index in [2.05, 4.69) is 51.4 Å². The minimum absolute atomic E-state index is 0. The van der Waals surface area contributed by atoms with Gasteiger partial charge in [-0.25, -0.2) is 4.99 Å². The van der Waals surface area contributed by atoms with Gasteiger partial charge in [-0.05, 0) is 26.2 Å². The Labute approximate surface area is 173 Å². The summed E-state index contributed by atoms with van der Waals surface area (Å²) in [6, 6.07) is 0.471. The number of aromatic nitrogens is 2. The minimum atomic E-state index is 0. The number of guanidine groups is 1. The molecule has 0 bridgehead atoms. The van der Waals surface area contributed by atoms with E-state index in [4.69, 9.17) is 9.26 Å². The Kier molecular flexibility index (Phi) is 11.1. The van der Waals surface area contributed by atoms with Crippen molar-refractivity contribution in [1.29, 1.82) is 0 Å². The summed E-state index contributed by atoms with van der Waals surface area (Å²) in [4.78, 5) is 11.3. The molecule has 0 radical (unpaired) electrons. The molecule has 26 heavy (non-hydrogen) atoms. The van der Waals surface area contributed by atoms with Gasteiger partial charge in [-0.3, -0.25) is 4.90 Å². The van der Waals surface area contributed by atoms with Crippen LogP contribution in [0.25, 0.3) is 0 Å². The molecule has 0 aliphatic carbocycles. The van der Waals surface area contributed by atoms with Crippen LogP contribution in [0.3, 0.4) is 0 Å². The van der Waals surface area contributed by atoms with E-state index in [1.54, 1.807) is 6.92 Å². The molecule has 1 unspecified atom stereocenters. The zero-order chi connectivity index (χ0) is 18.1. The van der Waals surface area contributed by atoms with Crippen LogP contribution in [0, 0.1) is 12.8 Å². The zero-order valence-electron chi connectivity index (χ0n) is 16.3. The number of aliphatic imine (C=N–C) groups is 1. The first-order valence-electron chi connectivity index (χ1n) is 9.21. The van der Waals surface area contributed by atoms with Crippen LogP contribution in [-0.4, -0.2) is 66.4 Å². The third-order valence-electron chi connectivity index (χ3n) is 4.10. The molecular weight excluding hydrogens is 447 g/mol. The lowest BCUT2D eigenvalue weighted by Crippen LogP contribution is -2.51. The van der Waals surface area contributed by atoms with Crippen molar-refractivity contribution in [1.82, 2.24) is 25.7 Å². The van der Waals surface area contributed by atoms with Gasteiger partial charge >= 0.3 is 0 Å². The van der Waals surface area contributed by atoms with E-state index in [0.29, 0.717) is 30.2 Å². The molecule has 1 aromatic rings. The molecule has 9 heteroatoms. The first-order valence-corrected chi connectivity index (χ1v) is 9.21. The van der Waals surface area contributed by atoms with Crippen molar-refractivity contribution in [3.8, 4) is 0 Å². The van der Waals surface area contributed by atoms with Gasteiger partial charge in [0, 0.05) is 32.2 Å². The molecule has 2 N–H and O–H groups in total. The summed E-state index contributed by atoms with van der Waals surface area (Å²) >= 11 is 0. The number of rotatable bonds is 8. The van der Waals surface area contributed by atoms with Gasteiger partial charge in [0.2, 0.25) is 5.89 Å². The average Bonchev–Trinajstić information content (AvgIpc) is 3.02. The fourth-order valence-electron chi connectivity index (χ4n) is 2.96. The molecule has 150 valence electrons. The number of hydrogen-bond donors (Lipinski definition) is 2. The predicted molar refractivity (Wildman–Crippen MR) is 113 cm³/mol. The van der Waals surface area contributed by atoms with Crippen LogP contribution in [0.5, 0.6) is 0 Å². The number of morpholine rings is 1. The Morgan fingerprint density at radius 3 is 2.58 bits per heavy atom. The Balaban J connectivity index is 0.00000338. The van der Waals surface area contributed by atoms with Crippen molar-refractivity contribution in [2.75, 3.05) is 39.4 Å². The molecule has 0 amide bonds. The molecule has 1 saturated heterocycles. The SMILES string of the molecule is CCNC(=NCc1nc(C)no1)NCC(CC(C)C)N1CCOCC1.I. The number of ether oxygens (including phenoxy) is 1. The topological polar surface area (TPSA) is 87.8 Å². The predicted octanol–water partition coefficient (Wildman–Crippen LogP) is 1.80. The molecule has 8 nitrogen and oxygen atoms in total. The highest BCUT2D eigenvalue weighted by molar-refractivity contribution is 14.0. The van der Waals surface area contributed by atoms with Gasteiger partial charge in [0.05, 0.1) is 13.2 Å². The summed E-state index contributed by atoms with van der Waals surface area (Å²) in [6.07, 6.45) is 1.15. The fourth-order valence-corrected chi connectivity index (χ4v) is 2.96. The molecule has 1 fully saturated rings. The maximum absolute atomic E-state index is 5.49. The number of nitrogens with zero attached hydrogens (tertiary/aromatic N) is 4. The van der Waals surface area contributed by atoms with E-state index in [1.165, 1.54) is 0 Å². The van der Waals surface area contributed by atoms with Gasteiger partial charge < -0.3 is 19.9 Å². The van der Waals surface area contributed by atoms with Crippen LogP contribution in [0.15, 0.2) is 9.52 Å². The first-order chi connectivity index (χ1) is 12.1. The zero-order valence-corrected chi connectivity index (χ0v) is 18.7. The van der Waals surface area contributed by atoms with E-state index < -0.39 is 0 Å². The Hall–Kier alpha value is -0.940. The van der Waals surface area contributed by atoms with Crippen molar-refractivity contribution in [2.45, 2.75) is 46.7 Å². The monoisotopic (exact) mass is 480 g/mol. The number of nitrogens with one attached hydrogen (secondary N) is 2. The van der Waals surface area contributed by atoms with Crippen LogP contribution < -0.4 is 10.6 Å². The second-order valence-electron chi connectivity index (χ2n) is 6.74. The number of hydrogen-bond acceptors (Lipinski definition) is 6. The van der Waals surface area contributed by atoms with Gasteiger partial charge in [-0.2, -0.15) is 4.98 Å². The summed E-state index contributed by atoms with van der Waals surface area (Å²) in [6.45, 7) is 14.1. The van der Waals surface area contributed by atoms with Gasteiger partial charge in [0.25, 0.3) is 0 Å². The molecule has 0 aromatic carbocycles. The summed E-state index contributed by atoms with van der Waals surface area (Å²) < 4.78 is 10.6. The van der Waals surface area contributed by atoms with Crippen molar-refractivity contribution in [3.05, 3.63) is 11.7 Å². The molecule has 0 spiro atoms. The summed E-state index contributed by atoms with van der Waals surface area (Å²) in [5.41, 5.74) is 0.